The Kier molecular flexibility index (Phi) is 6.42. The average Bonchev–Trinajstić information content (AvgIpc) is 3.05. The van der Waals surface area contributed by atoms with Crippen LogP contribution >= 0.6 is 7.37 Å². The highest BCUT2D eigenvalue weighted by molar-refractivity contribution is 7.69. The van der Waals surface area contributed by atoms with Crippen molar-refractivity contribution in [1.82, 2.24) is 9.80 Å². The van der Waals surface area contributed by atoms with Crippen molar-refractivity contribution in [2.75, 3.05) is 27.6 Å². The maximum atomic E-state index is 16.6. The fourth-order valence-electron chi connectivity index (χ4n) is 7.02. The molecule has 8 rings (SSSR count). The Hall–Kier alpha value is -4.35. The topological polar surface area (TPSA) is 51.2 Å². The van der Waals surface area contributed by atoms with E-state index in [0.29, 0.717) is 24.5 Å². The van der Waals surface area contributed by atoms with Crippen LogP contribution in [0.5, 0.6) is 17.2 Å². The van der Waals surface area contributed by atoms with E-state index in [1.54, 1.807) is 0 Å². The average molecular weight is 601 g/mol. The summed E-state index contributed by atoms with van der Waals surface area (Å²) in [6.07, 6.45) is 0. The molecule has 1 unspecified atom stereocenters. The molecule has 5 aromatic carbocycles. The SMILES string of the molecule is CN1COc2ccc(C(c3ccccc3)(c3ccc4c(c3)CN(C)CO4)P3(=O)Oc4ccccc4-c4ccccc43)cc2C1. The van der Waals surface area contributed by atoms with Crippen LogP contribution in [0, 0.1) is 0 Å². The molecule has 6 nitrogen and oxygen atoms in total. The molecule has 3 heterocycles. The molecule has 0 aromatic heterocycles. The molecule has 0 fully saturated rings. The van der Waals surface area contributed by atoms with E-state index in [4.69, 9.17) is 14.0 Å². The van der Waals surface area contributed by atoms with Crippen molar-refractivity contribution >= 4 is 12.7 Å². The van der Waals surface area contributed by atoms with Gasteiger partial charge in [-0.1, -0.05) is 78.9 Å². The zero-order valence-corrected chi connectivity index (χ0v) is 25.7. The van der Waals surface area contributed by atoms with Gasteiger partial charge < -0.3 is 14.0 Å². The molecule has 0 N–H and O–H groups in total. The maximum absolute atomic E-state index is 16.6. The highest BCUT2D eigenvalue weighted by atomic mass is 31.2. The van der Waals surface area contributed by atoms with Gasteiger partial charge in [0, 0.05) is 29.8 Å². The van der Waals surface area contributed by atoms with Crippen LogP contribution in [0.25, 0.3) is 11.1 Å². The van der Waals surface area contributed by atoms with E-state index in [0.717, 1.165) is 63.5 Å². The number of fused-ring (bicyclic) bond motifs is 5. The third kappa shape index (κ3) is 4.06. The first-order valence-corrected chi connectivity index (χ1v) is 16.5. The fraction of sp³-hybridized carbons (Fsp3) is 0.189. The second-order valence-corrected chi connectivity index (χ2v) is 14.4. The van der Waals surface area contributed by atoms with E-state index in [1.807, 2.05) is 86.9 Å². The van der Waals surface area contributed by atoms with Gasteiger partial charge in [-0.25, -0.2) is 0 Å². The van der Waals surface area contributed by atoms with Crippen LogP contribution in [0.1, 0.15) is 27.8 Å². The van der Waals surface area contributed by atoms with Crippen LogP contribution in [0.3, 0.4) is 0 Å². The van der Waals surface area contributed by atoms with Gasteiger partial charge in [-0.05, 0) is 72.7 Å². The predicted molar refractivity (Wildman–Crippen MR) is 173 cm³/mol. The Balaban J connectivity index is 1.50. The summed E-state index contributed by atoms with van der Waals surface area (Å²) in [5, 5.41) is -0.492. The lowest BCUT2D eigenvalue weighted by molar-refractivity contribution is 0.121. The van der Waals surface area contributed by atoms with Gasteiger partial charge in [0.1, 0.15) is 35.9 Å². The molecule has 220 valence electrons. The van der Waals surface area contributed by atoms with E-state index in [-0.39, 0.29) is 0 Å². The van der Waals surface area contributed by atoms with Crippen molar-refractivity contribution in [3.63, 3.8) is 0 Å². The maximum Gasteiger partial charge on any atom is 0.296 e. The van der Waals surface area contributed by atoms with Crippen LogP contribution in [0.2, 0.25) is 0 Å². The number of hydrogen-bond donors (Lipinski definition) is 0. The van der Waals surface area contributed by atoms with Crippen molar-refractivity contribution in [1.29, 1.82) is 0 Å². The van der Waals surface area contributed by atoms with Crippen molar-refractivity contribution in [3.05, 3.63) is 143 Å². The molecule has 0 spiro atoms. The van der Waals surface area contributed by atoms with Crippen LogP contribution in [0.15, 0.2) is 115 Å². The highest BCUT2D eigenvalue weighted by Gasteiger charge is 2.58. The number of nitrogens with zero attached hydrogens (tertiary/aromatic N) is 2. The van der Waals surface area contributed by atoms with Gasteiger partial charge in [-0.15, -0.1) is 0 Å². The number of ether oxygens (including phenoxy) is 2. The van der Waals surface area contributed by atoms with Gasteiger partial charge in [0.15, 0.2) is 0 Å². The van der Waals surface area contributed by atoms with Crippen LogP contribution in [0.4, 0.5) is 0 Å². The molecule has 0 aliphatic carbocycles. The Bertz CT molecular complexity index is 1880. The summed E-state index contributed by atoms with van der Waals surface area (Å²) >= 11 is 0. The van der Waals surface area contributed by atoms with Crippen molar-refractivity contribution < 1.29 is 18.6 Å². The van der Waals surface area contributed by atoms with Gasteiger partial charge >= 0.3 is 0 Å². The zero-order chi connectivity index (χ0) is 29.9. The summed E-state index contributed by atoms with van der Waals surface area (Å²) in [6.45, 7) is 2.50. The molecule has 0 saturated heterocycles. The van der Waals surface area contributed by atoms with E-state index in [9.17, 15) is 0 Å². The molecule has 0 saturated carbocycles. The fourth-order valence-corrected chi connectivity index (χ4v) is 10.3. The largest absolute Gasteiger partial charge is 0.478 e. The van der Waals surface area contributed by atoms with E-state index < -0.39 is 12.5 Å². The van der Waals surface area contributed by atoms with E-state index in [1.165, 1.54) is 0 Å². The number of benzene rings is 5. The zero-order valence-electron chi connectivity index (χ0n) is 24.8. The molecule has 3 aliphatic heterocycles. The molecule has 0 bridgehead atoms. The summed E-state index contributed by atoms with van der Waals surface area (Å²) in [6, 6.07) is 38.7. The molecule has 5 aromatic rings. The molecule has 1 atom stereocenters. The minimum Gasteiger partial charge on any atom is -0.478 e. The molecule has 0 radical (unpaired) electrons. The minimum absolute atomic E-state index is 0.528. The van der Waals surface area contributed by atoms with E-state index in [2.05, 4.69) is 52.3 Å². The lowest BCUT2D eigenvalue weighted by Crippen LogP contribution is -2.38. The second-order valence-electron chi connectivity index (χ2n) is 12.0. The summed E-state index contributed by atoms with van der Waals surface area (Å²) in [7, 11) is 0.229. The molecule has 7 heteroatoms. The summed E-state index contributed by atoms with van der Waals surface area (Å²) < 4.78 is 35.7. The standard InChI is InChI=1S/C37H33N2O4P/c1-38-22-26-20-29(16-18-33(26)41-24-38)37(28-10-4-3-5-11-28,30-17-19-34-27(21-30)23-39(2)25-42-34)44(40)36-15-9-7-13-32(36)31-12-6-8-14-35(31)43-44/h3-21H,22-25H2,1-2H3. The summed E-state index contributed by atoms with van der Waals surface area (Å²) in [5.41, 5.74) is 6.66. The Morgan fingerprint density at radius 3 is 1.77 bits per heavy atom. The van der Waals surface area contributed by atoms with Gasteiger partial charge in [0.2, 0.25) is 0 Å². The van der Waals surface area contributed by atoms with Crippen molar-refractivity contribution in [2.45, 2.75) is 18.2 Å². The predicted octanol–water partition coefficient (Wildman–Crippen LogP) is 7.20. The van der Waals surface area contributed by atoms with Crippen LogP contribution in [-0.2, 0) is 22.8 Å². The monoisotopic (exact) mass is 600 g/mol. The molecular weight excluding hydrogens is 567 g/mol. The van der Waals surface area contributed by atoms with Gasteiger partial charge in [0.05, 0.1) is 5.30 Å². The molecule has 3 aliphatic rings. The molecular formula is C37H33N2O4P. The second kappa shape index (κ2) is 10.4. The smallest absolute Gasteiger partial charge is 0.296 e. The molecule has 0 amide bonds. The van der Waals surface area contributed by atoms with Gasteiger partial charge in [0.25, 0.3) is 7.37 Å². The van der Waals surface area contributed by atoms with Crippen LogP contribution < -0.4 is 19.3 Å². The number of hydrogen-bond acceptors (Lipinski definition) is 6. The normalized spacial score (nSPS) is 19.3. The first-order valence-electron chi connectivity index (χ1n) is 14.9. The Morgan fingerprint density at radius 1 is 0.591 bits per heavy atom. The number of para-hydroxylation sites is 1. The highest BCUT2D eigenvalue weighted by Crippen LogP contribution is 2.71. The van der Waals surface area contributed by atoms with E-state index >= 15 is 4.57 Å². The molecule has 44 heavy (non-hydrogen) atoms. The lowest BCUT2D eigenvalue weighted by atomic mass is 9.82. The first kappa shape index (κ1) is 27.2. The van der Waals surface area contributed by atoms with Gasteiger partial charge in [-0.2, -0.15) is 0 Å². The van der Waals surface area contributed by atoms with Crippen molar-refractivity contribution in [2.24, 2.45) is 0 Å². The third-order valence-corrected chi connectivity index (χ3v) is 12.1. The summed E-state index contributed by atoms with van der Waals surface area (Å²) in [5.74, 6) is 2.32. The van der Waals surface area contributed by atoms with Crippen LogP contribution in [-0.4, -0.2) is 37.4 Å². The minimum atomic E-state index is -3.85. The lowest BCUT2D eigenvalue weighted by Gasteiger charge is -2.45. The summed E-state index contributed by atoms with van der Waals surface area (Å²) in [4.78, 5) is 4.26. The first-order chi connectivity index (χ1) is 21.5. The Morgan fingerprint density at radius 2 is 1.14 bits per heavy atom. The number of rotatable bonds is 4. The Labute approximate surface area is 257 Å². The quantitative estimate of drug-likeness (QED) is 0.161. The van der Waals surface area contributed by atoms with Gasteiger partial charge in [-0.3, -0.25) is 14.4 Å². The third-order valence-electron chi connectivity index (χ3n) is 8.98. The van der Waals surface area contributed by atoms with Crippen molar-refractivity contribution in [3.8, 4) is 28.4 Å².